The third kappa shape index (κ3) is 2.99. The van der Waals surface area contributed by atoms with E-state index >= 15 is 0 Å². The number of hydrogen-bond acceptors (Lipinski definition) is 3. The van der Waals surface area contributed by atoms with Crippen LogP contribution in [-0.4, -0.2) is 43.7 Å². The summed E-state index contributed by atoms with van der Waals surface area (Å²) in [5, 5.41) is 0. The number of anilines is 1. The number of para-hydroxylation sites is 1. The van der Waals surface area contributed by atoms with Gasteiger partial charge in [0.15, 0.2) is 0 Å². The third-order valence-electron chi connectivity index (χ3n) is 5.08. The van der Waals surface area contributed by atoms with Crippen molar-refractivity contribution in [3.05, 3.63) is 30.3 Å². The second-order valence-corrected chi connectivity index (χ2v) is 6.21. The molecular formula is C17H27N3. The Balaban J connectivity index is 1.58. The lowest BCUT2D eigenvalue weighted by molar-refractivity contribution is 0.101. The van der Waals surface area contributed by atoms with Crippen molar-refractivity contribution in [2.24, 2.45) is 11.7 Å². The van der Waals surface area contributed by atoms with Gasteiger partial charge in [-0.05, 0) is 37.4 Å². The molecule has 0 bridgehead atoms. The maximum Gasteiger partial charge on any atom is 0.0367 e. The molecule has 1 saturated heterocycles. The maximum atomic E-state index is 5.98. The topological polar surface area (TPSA) is 32.5 Å². The summed E-state index contributed by atoms with van der Waals surface area (Å²) < 4.78 is 0. The summed E-state index contributed by atoms with van der Waals surface area (Å²) in [6.07, 6.45) is 5.45. The van der Waals surface area contributed by atoms with E-state index < -0.39 is 0 Å². The molecule has 1 aromatic carbocycles. The van der Waals surface area contributed by atoms with Gasteiger partial charge in [-0.3, -0.25) is 4.90 Å². The zero-order chi connectivity index (χ0) is 13.8. The number of rotatable bonds is 3. The van der Waals surface area contributed by atoms with E-state index in [-0.39, 0.29) is 0 Å². The molecule has 1 aliphatic heterocycles. The molecule has 0 radical (unpaired) electrons. The first-order valence-corrected chi connectivity index (χ1v) is 8.12. The lowest BCUT2D eigenvalue weighted by Crippen LogP contribution is -2.54. The molecule has 1 heterocycles. The van der Waals surface area contributed by atoms with E-state index in [2.05, 4.69) is 40.1 Å². The molecule has 2 aliphatic rings. The summed E-state index contributed by atoms with van der Waals surface area (Å²) in [5.74, 6) is 0.729. The SMILES string of the molecule is NCC1CCCCC1N1CCN(c2ccccc2)CC1. The highest BCUT2D eigenvalue weighted by atomic mass is 15.3. The summed E-state index contributed by atoms with van der Waals surface area (Å²) in [7, 11) is 0. The van der Waals surface area contributed by atoms with Gasteiger partial charge in [0, 0.05) is 37.9 Å². The molecule has 20 heavy (non-hydrogen) atoms. The fourth-order valence-corrected chi connectivity index (χ4v) is 3.89. The molecule has 110 valence electrons. The molecule has 1 aliphatic carbocycles. The first-order chi connectivity index (χ1) is 9.88. The highest BCUT2D eigenvalue weighted by Gasteiger charge is 2.31. The Morgan fingerprint density at radius 3 is 2.35 bits per heavy atom. The fourth-order valence-electron chi connectivity index (χ4n) is 3.89. The van der Waals surface area contributed by atoms with Crippen LogP contribution in [0.2, 0.25) is 0 Å². The molecule has 0 aromatic heterocycles. The van der Waals surface area contributed by atoms with E-state index in [0.717, 1.165) is 31.6 Å². The van der Waals surface area contributed by atoms with Crippen molar-refractivity contribution in [1.29, 1.82) is 0 Å². The van der Waals surface area contributed by atoms with Gasteiger partial charge >= 0.3 is 0 Å². The largest absolute Gasteiger partial charge is 0.369 e. The van der Waals surface area contributed by atoms with Gasteiger partial charge in [0.2, 0.25) is 0 Å². The number of benzene rings is 1. The lowest BCUT2D eigenvalue weighted by atomic mass is 9.83. The Morgan fingerprint density at radius 2 is 1.65 bits per heavy atom. The summed E-state index contributed by atoms with van der Waals surface area (Å²) >= 11 is 0. The first kappa shape index (κ1) is 13.9. The number of nitrogens with two attached hydrogens (primary N) is 1. The number of nitrogens with zero attached hydrogens (tertiary/aromatic N) is 2. The van der Waals surface area contributed by atoms with Crippen LogP contribution in [0.3, 0.4) is 0 Å². The molecule has 2 unspecified atom stereocenters. The summed E-state index contributed by atoms with van der Waals surface area (Å²) in [6.45, 7) is 5.55. The maximum absolute atomic E-state index is 5.98. The summed E-state index contributed by atoms with van der Waals surface area (Å²) in [4.78, 5) is 5.22. The van der Waals surface area contributed by atoms with E-state index in [1.54, 1.807) is 0 Å². The molecule has 2 atom stereocenters. The number of piperazine rings is 1. The van der Waals surface area contributed by atoms with Gasteiger partial charge in [-0.25, -0.2) is 0 Å². The Hall–Kier alpha value is -1.06. The molecular weight excluding hydrogens is 246 g/mol. The van der Waals surface area contributed by atoms with Crippen LogP contribution in [-0.2, 0) is 0 Å². The van der Waals surface area contributed by atoms with Crippen molar-refractivity contribution in [3.63, 3.8) is 0 Å². The average molecular weight is 273 g/mol. The van der Waals surface area contributed by atoms with E-state index in [0.29, 0.717) is 0 Å². The minimum Gasteiger partial charge on any atom is -0.369 e. The molecule has 2 fully saturated rings. The molecule has 3 rings (SSSR count). The standard InChI is InChI=1S/C17H27N3/c18-14-15-6-4-5-9-17(15)20-12-10-19(11-13-20)16-7-2-1-3-8-16/h1-3,7-8,15,17H,4-6,9-14,18H2. The summed E-state index contributed by atoms with van der Waals surface area (Å²) in [6, 6.07) is 11.5. The van der Waals surface area contributed by atoms with E-state index in [4.69, 9.17) is 5.73 Å². The normalized spacial score (nSPS) is 28.6. The monoisotopic (exact) mass is 273 g/mol. The Morgan fingerprint density at radius 1 is 0.950 bits per heavy atom. The van der Waals surface area contributed by atoms with Crippen molar-refractivity contribution < 1.29 is 0 Å². The van der Waals surface area contributed by atoms with Crippen LogP contribution in [0.15, 0.2) is 30.3 Å². The van der Waals surface area contributed by atoms with Gasteiger partial charge in [-0.2, -0.15) is 0 Å². The van der Waals surface area contributed by atoms with Crippen LogP contribution in [0, 0.1) is 5.92 Å². The lowest BCUT2D eigenvalue weighted by Gasteiger charge is -2.44. The predicted molar refractivity (Wildman–Crippen MR) is 85.0 cm³/mol. The summed E-state index contributed by atoms with van der Waals surface area (Å²) in [5.41, 5.74) is 7.35. The minimum atomic E-state index is 0.729. The zero-order valence-corrected chi connectivity index (χ0v) is 12.4. The Bertz CT molecular complexity index is 398. The van der Waals surface area contributed by atoms with Crippen LogP contribution < -0.4 is 10.6 Å². The molecule has 3 heteroatoms. The van der Waals surface area contributed by atoms with Crippen LogP contribution >= 0.6 is 0 Å². The quantitative estimate of drug-likeness (QED) is 0.917. The van der Waals surface area contributed by atoms with Crippen molar-refractivity contribution in [2.75, 3.05) is 37.6 Å². The second kappa shape index (κ2) is 6.59. The predicted octanol–water partition coefficient (Wildman–Crippen LogP) is 2.33. The molecule has 1 aromatic rings. The molecule has 1 saturated carbocycles. The smallest absolute Gasteiger partial charge is 0.0367 e. The van der Waals surface area contributed by atoms with Crippen molar-refractivity contribution in [1.82, 2.24) is 4.90 Å². The van der Waals surface area contributed by atoms with Gasteiger partial charge in [0.05, 0.1) is 0 Å². The Kier molecular flexibility index (Phi) is 4.58. The molecule has 0 amide bonds. The van der Waals surface area contributed by atoms with Gasteiger partial charge in [-0.1, -0.05) is 31.0 Å². The third-order valence-corrected chi connectivity index (χ3v) is 5.08. The fraction of sp³-hybridized carbons (Fsp3) is 0.647. The van der Waals surface area contributed by atoms with Crippen LogP contribution in [0.1, 0.15) is 25.7 Å². The van der Waals surface area contributed by atoms with Crippen molar-refractivity contribution in [2.45, 2.75) is 31.7 Å². The zero-order valence-electron chi connectivity index (χ0n) is 12.4. The van der Waals surface area contributed by atoms with Crippen LogP contribution in [0.5, 0.6) is 0 Å². The van der Waals surface area contributed by atoms with Gasteiger partial charge in [-0.15, -0.1) is 0 Å². The molecule has 2 N–H and O–H groups in total. The Labute approximate surface area is 122 Å². The van der Waals surface area contributed by atoms with E-state index in [9.17, 15) is 0 Å². The van der Waals surface area contributed by atoms with Gasteiger partial charge in [0.1, 0.15) is 0 Å². The van der Waals surface area contributed by atoms with Gasteiger partial charge in [0.25, 0.3) is 0 Å². The van der Waals surface area contributed by atoms with Crippen molar-refractivity contribution in [3.8, 4) is 0 Å². The van der Waals surface area contributed by atoms with Crippen LogP contribution in [0.25, 0.3) is 0 Å². The minimum absolute atomic E-state index is 0.729. The average Bonchev–Trinajstić information content (AvgIpc) is 2.56. The van der Waals surface area contributed by atoms with Crippen LogP contribution in [0.4, 0.5) is 5.69 Å². The van der Waals surface area contributed by atoms with Crippen molar-refractivity contribution >= 4 is 5.69 Å². The second-order valence-electron chi connectivity index (χ2n) is 6.21. The van der Waals surface area contributed by atoms with Gasteiger partial charge < -0.3 is 10.6 Å². The van der Waals surface area contributed by atoms with E-state index in [1.165, 1.54) is 44.5 Å². The number of hydrogen-bond donors (Lipinski definition) is 1. The molecule has 3 nitrogen and oxygen atoms in total. The highest BCUT2D eigenvalue weighted by Crippen LogP contribution is 2.29. The first-order valence-electron chi connectivity index (χ1n) is 8.12. The highest BCUT2D eigenvalue weighted by molar-refractivity contribution is 5.46. The molecule has 0 spiro atoms. The van der Waals surface area contributed by atoms with E-state index in [1.807, 2.05) is 0 Å².